The zero-order chi connectivity index (χ0) is 15.1. The molecule has 0 aliphatic carbocycles. The molecule has 2 aromatic rings. The lowest BCUT2D eigenvalue weighted by Gasteiger charge is -2.04. The molecule has 0 bridgehead atoms. The molecule has 0 aromatic carbocycles. The molecule has 0 spiro atoms. The Kier molecular flexibility index (Phi) is 5.47. The molecule has 0 saturated heterocycles. The van der Waals surface area contributed by atoms with Gasteiger partial charge in [0, 0.05) is 26.3 Å². The van der Waals surface area contributed by atoms with Gasteiger partial charge >= 0.3 is 5.82 Å². The molecule has 114 valence electrons. The number of pyridine rings is 1. The van der Waals surface area contributed by atoms with Crippen molar-refractivity contribution < 1.29 is 14.4 Å². The van der Waals surface area contributed by atoms with E-state index in [1.54, 1.807) is 31.5 Å². The number of fused-ring (bicyclic) bond motifs is 1. The minimum Gasteiger partial charge on any atom is -0.382 e. The Morgan fingerprint density at radius 3 is 3.00 bits per heavy atom. The van der Waals surface area contributed by atoms with Gasteiger partial charge in [0.1, 0.15) is 0 Å². The first-order valence-electron chi connectivity index (χ1n) is 6.66. The molecule has 0 saturated carbocycles. The van der Waals surface area contributed by atoms with Crippen molar-refractivity contribution in [2.24, 2.45) is 0 Å². The average molecular weight is 294 g/mol. The van der Waals surface area contributed by atoms with Crippen LogP contribution in [0.4, 0.5) is 11.6 Å². The molecule has 0 radical (unpaired) electrons. The van der Waals surface area contributed by atoms with E-state index in [1.807, 2.05) is 0 Å². The number of hydrogen-bond acceptors (Lipinski definition) is 6. The number of anilines is 1. The molecule has 0 aliphatic rings. The van der Waals surface area contributed by atoms with Gasteiger partial charge in [0.25, 0.3) is 0 Å². The van der Waals surface area contributed by atoms with Crippen molar-refractivity contribution in [3.05, 3.63) is 34.5 Å². The molecule has 0 amide bonds. The van der Waals surface area contributed by atoms with Crippen LogP contribution in [0.1, 0.15) is 6.42 Å². The van der Waals surface area contributed by atoms with E-state index in [-0.39, 0.29) is 11.6 Å². The molecule has 21 heavy (non-hydrogen) atoms. The van der Waals surface area contributed by atoms with Crippen LogP contribution in [0.3, 0.4) is 0 Å². The maximum atomic E-state index is 11.2. The number of rotatable bonds is 9. The van der Waals surface area contributed by atoms with E-state index < -0.39 is 4.92 Å². The average Bonchev–Trinajstić information content (AvgIpc) is 2.84. The van der Waals surface area contributed by atoms with Crippen LogP contribution >= 0.6 is 0 Å². The van der Waals surface area contributed by atoms with Crippen LogP contribution in [0.25, 0.3) is 5.65 Å². The first-order chi connectivity index (χ1) is 10.2. The minimum absolute atomic E-state index is 0.0501. The maximum Gasteiger partial charge on any atom is 0.372 e. The zero-order valence-corrected chi connectivity index (χ0v) is 11.8. The van der Waals surface area contributed by atoms with E-state index in [0.29, 0.717) is 32.0 Å². The molecule has 0 atom stereocenters. The van der Waals surface area contributed by atoms with E-state index in [2.05, 4.69) is 10.3 Å². The van der Waals surface area contributed by atoms with Crippen LogP contribution in [0.2, 0.25) is 0 Å². The number of nitrogens with one attached hydrogen (secondary N) is 1. The topological polar surface area (TPSA) is 90.9 Å². The Hall–Kier alpha value is -2.19. The van der Waals surface area contributed by atoms with E-state index in [4.69, 9.17) is 9.47 Å². The van der Waals surface area contributed by atoms with Crippen molar-refractivity contribution in [2.75, 3.05) is 38.8 Å². The lowest BCUT2D eigenvalue weighted by molar-refractivity contribution is -0.389. The normalized spacial score (nSPS) is 10.9. The van der Waals surface area contributed by atoms with Crippen molar-refractivity contribution in [1.82, 2.24) is 9.38 Å². The molecule has 0 unspecified atom stereocenters. The first-order valence-corrected chi connectivity index (χ1v) is 6.66. The third kappa shape index (κ3) is 3.89. The highest BCUT2D eigenvalue weighted by molar-refractivity contribution is 5.62. The summed E-state index contributed by atoms with van der Waals surface area (Å²) in [6.45, 7) is 2.23. The highest BCUT2D eigenvalue weighted by Gasteiger charge is 2.21. The van der Waals surface area contributed by atoms with Gasteiger partial charge in [-0.1, -0.05) is 6.07 Å². The summed E-state index contributed by atoms with van der Waals surface area (Å²) in [5.74, 6) is 0.231. The van der Waals surface area contributed by atoms with Gasteiger partial charge in [-0.2, -0.15) is 9.38 Å². The quantitative estimate of drug-likeness (QED) is 0.430. The van der Waals surface area contributed by atoms with E-state index in [1.165, 1.54) is 4.40 Å². The van der Waals surface area contributed by atoms with Gasteiger partial charge in [-0.15, -0.1) is 0 Å². The zero-order valence-electron chi connectivity index (χ0n) is 11.8. The lowest BCUT2D eigenvalue weighted by Crippen LogP contribution is -2.09. The number of nitrogens with zero attached hydrogens (tertiary/aromatic N) is 3. The van der Waals surface area contributed by atoms with Gasteiger partial charge < -0.3 is 24.9 Å². The fourth-order valence-electron chi connectivity index (χ4n) is 1.90. The summed E-state index contributed by atoms with van der Waals surface area (Å²) in [6, 6.07) is 5.25. The Morgan fingerprint density at radius 2 is 2.24 bits per heavy atom. The number of methoxy groups -OCH3 is 1. The standard InChI is InChI=1S/C13H18N4O4/c1-20-9-10-21-8-4-6-14-12-13(17(18)19)16-7-3-2-5-11(16)15-12/h2-3,5,7,14H,4,6,8-10H2,1H3. The monoisotopic (exact) mass is 294 g/mol. The molecule has 2 aromatic heterocycles. The van der Waals surface area contributed by atoms with Gasteiger partial charge in [0.05, 0.1) is 19.4 Å². The van der Waals surface area contributed by atoms with E-state index in [0.717, 1.165) is 6.42 Å². The fraction of sp³-hybridized carbons (Fsp3) is 0.462. The Bertz CT molecular complexity index is 599. The second-order valence-electron chi connectivity index (χ2n) is 4.36. The van der Waals surface area contributed by atoms with Gasteiger partial charge in [0.15, 0.2) is 0 Å². The van der Waals surface area contributed by atoms with Crippen molar-refractivity contribution in [3.63, 3.8) is 0 Å². The van der Waals surface area contributed by atoms with Crippen LogP contribution in [-0.2, 0) is 9.47 Å². The second-order valence-corrected chi connectivity index (χ2v) is 4.36. The summed E-state index contributed by atoms with van der Waals surface area (Å²) in [7, 11) is 1.62. The number of aromatic nitrogens is 2. The van der Waals surface area contributed by atoms with Gasteiger partial charge in [-0.25, -0.2) is 0 Å². The number of ether oxygens (including phenoxy) is 2. The van der Waals surface area contributed by atoms with Gasteiger partial charge in [-0.05, 0) is 17.4 Å². The molecule has 0 aliphatic heterocycles. The summed E-state index contributed by atoms with van der Waals surface area (Å²) < 4.78 is 11.6. The lowest BCUT2D eigenvalue weighted by atomic mass is 10.4. The summed E-state index contributed by atoms with van der Waals surface area (Å²) in [5, 5.41) is 14.2. The van der Waals surface area contributed by atoms with Crippen LogP contribution in [0.15, 0.2) is 24.4 Å². The van der Waals surface area contributed by atoms with Crippen LogP contribution in [0, 0.1) is 10.1 Å². The molecule has 2 rings (SSSR count). The highest BCUT2D eigenvalue weighted by atomic mass is 16.6. The van der Waals surface area contributed by atoms with Gasteiger partial charge in [0.2, 0.25) is 11.5 Å². The van der Waals surface area contributed by atoms with Crippen LogP contribution in [0.5, 0.6) is 0 Å². The Morgan fingerprint density at radius 1 is 1.38 bits per heavy atom. The summed E-state index contributed by atoms with van der Waals surface area (Å²) in [5.41, 5.74) is 0.544. The van der Waals surface area contributed by atoms with Crippen molar-refractivity contribution in [1.29, 1.82) is 0 Å². The van der Waals surface area contributed by atoms with E-state index in [9.17, 15) is 10.1 Å². The number of nitro groups is 1. The molecule has 8 heteroatoms. The van der Waals surface area contributed by atoms with Gasteiger partial charge in [-0.3, -0.25) is 0 Å². The largest absolute Gasteiger partial charge is 0.382 e. The van der Waals surface area contributed by atoms with Crippen molar-refractivity contribution >= 4 is 17.3 Å². The number of hydrogen-bond donors (Lipinski definition) is 1. The molecule has 1 N–H and O–H groups in total. The first kappa shape index (κ1) is 15.2. The highest BCUT2D eigenvalue weighted by Crippen LogP contribution is 2.24. The third-order valence-corrected chi connectivity index (χ3v) is 2.87. The second kappa shape index (κ2) is 7.55. The Balaban J connectivity index is 1.92. The van der Waals surface area contributed by atoms with Crippen LogP contribution in [-0.4, -0.2) is 47.8 Å². The third-order valence-electron chi connectivity index (χ3n) is 2.87. The maximum absolute atomic E-state index is 11.2. The van der Waals surface area contributed by atoms with Crippen LogP contribution < -0.4 is 5.32 Å². The molecule has 0 fully saturated rings. The fourth-order valence-corrected chi connectivity index (χ4v) is 1.90. The van der Waals surface area contributed by atoms with Crippen molar-refractivity contribution in [2.45, 2.75) is 6.42 Å². The number of imidazole rings is 1. The summed E-state index contributed by atoms with van der Waals surface area (Å²) in [6.07, 6.45) is 2.36. The smallest absolute Gasteiger partial charge is 0.372 e. The Labute approximate surface area is 121 Å². The summed E-state index contributed by atoms with van der Waals surface area (Å²) >= 11 is 0. The molecular formula is C13H18N4O4. The predicted molar refractivity (Wildman–Crippen MR) is 77.6 cm³/mol. The van der Waals surface area contributed by atoms with E-state index >= 15 is 0 Å². The molecule has 8 nitrogen and oxygen atoms in total. The minimum atomic E-state index is -0.433. The van der Waals surface area contributed by atoms with Crippen molar-refractivity contribution in [3.8, 4) is 0 Å². The molecule has 2 heterocycles. The SMILES string of the molecule is COCCOCCCNc1nc2ccccn2c1[N+](=O)[O-]. The molecular weight excluding hydrogens is 276 g/mol. The summed E-state index contributed by atoms with van der Waals surface area (Å²) in [4.78, 5) is 15.0. The predicted octanol–water partition coefficient (Wildman–Crippen LogP) is 1.71.